The summed E-state index contributed by atoms with van der Waals surface area (Å²) < 4.78 is 0.891. The van der Waals surface area contributed by atoms with Gasteiger partial charge in [0.05, 0.1) is 21.6 Å². The molecular weight excluding hydrogens is 443 g/mol. The highest BCUT2D eigenvalue weighted by molar-refractivity contribution is 14.1. The molecule has 0 radical (unpaired) electrons. The zero-order valence-electron chi connectivity index (χ0n) is 12.3. The molecule has 0 aliphatic heterocycles. The van der Waals surface area contributed by atoms with Crippen molar-refractivity contribution in [2.75, 3.05) is 0 Å². The summed E-state index contributed by atoms with van der Waals surface area (Å²) in [6, 6.07) is 9.20. The summed E-state index contributed by atoms with van der Waals surface area (Å²) in [5.41, 5.74) is 1.45. The first-order chi connectivity index (χ1) is 12.0. The highest BCUT2D eigenvalue weighted by atomic mass is 127. The molecule has 0 fully saturated rings. The Morgan fingerprint density at radius 2 is 1.64 bits per heavy atom. The SMILES string of the molecule is O=[N+]([O-])c1ccc2c(I)[nH]nc2c1.O=[N+]([O-])c1ccc2cn[nH]c2c1. The number of fused-ring (bicyclic) bond motifs is 2. The van der Waals surface area contributed by atoms with Gasteiger partial charge in [0.1, 0.15) is 9.22 Å². The van der Waals surface area contributed by atoms with Gasteiger partial charge >= 0.3 is 0 Å². The molecular formula is C14H9IN6O4. The van der Waals surface area contributed by atoms with Crippen molar-refractivity contribution >= 4 is 55.8 Å². The molecule has 0 spiro atoms. The zero-order chi connectivity index (χ0) is 18.0. The molecule has 2 N–H and O–H groups in total. The van der Waals surface area contributed by atoms with Crippen LogP contribution in [-0.2, 0) is 0 Å². The van der Waals surface area contributed by atoms with E-state index in [4.69, 9.17) is 0 Å². The number of aromatic amines is 2. The van der Waals surface area contributed by atoms with Crippen LogP contribution in [0, 0.1) is 23.9 Å². The fourth-order valence-corrected chi connectivity index (χ4v) is 2.70. The molecule has 2 aromatic carbocycles. The molecule has 2 heterocycles. The molecule has 0 unspecified atom stereocenters. The predicted molar refractivity (Wildman–Crippen MR) is 98.2 cm³/mol. The molecule has 0 amide bonds. The van der Waals surface area contributed by atoms with Gasteiger partial charge < -0.3 is 0 Å². The fraction of sp³-hybridized carbons (Fsp3) is 0. The lowest BCUT2D eigenvalue weighted by molar-refractivity contribution is -0.384. The van der Waals surface area contributed by atoms with Gasteiger partial charge in [-0.2, -0.15) is 10.2 Å². The largest absolute Gasteiger partial charge is 0.278 e. The lowest BCUT2D eigenvalue weighted by Gasteiger charge is -1.89. The lowest BCUT2D eigenvalue weighted by atomic mass is 10.2. The molecule has 4 aromatic rings. The van der Waals surface area contributed by atoms with E-state index in [1.807, 2.05) is 0 Å². The Balaban J connectivity index is 0.000000146. The van der Waals surface area contributed by atoms with Crippen LogP contribution in [-0.4, -0.2) is 30.2 Å². The van der Waals surface area contributed by atoms with Gasteiger partial charge in [0.25, 0.3) is 11.4 Å². The van der Waals surface area contributed by atoms with Gasteiger partial charge in [-0.3, -0.25) is 30.4 Å². The van der Waals surface area contributed by atoms with Crippen molar-refractivity contribution in [1.82, 2.24) is 20.4 Å². The van der Waals surface area contributed by atoms with Crippen LogP contribution in [0.1, 0.15) is 0 Å². The van der Waals surface area contributed by atoms with E-state index in [2.05, 4.69) is 43.0 Å². The second-order valence-corrected chi connectivity index (χ2v) is 5.97. The number of rotatable bonds is 2. The Morgan fingerprint density at radius 1 is 0.960 bits per heavy atom. The van der Waals surface area contributed by atoms with Gasteiger partial charge in [0.2, 0.25) is 0 Å². The summed E-state index contributed by atoms with van der Waals surface area (Å²) in [4.78, 5) is 19.9. The van der Waals surface area contributed by atoms with Crippen LogP contribution in [0.5, 0.6) is 0 Å². The number of non-ortho nitro benzene ring substituents is 2. The summed E-state index contributed by atoms with van der Waals surface area (Å²) in [5.74, 6) is 0. The smallest absolute Gasteiger partial charge is 0.271 e. The third kappa shape index (κ3) is 3.55. The maximum absolute atomic E-state index is 10.4. The quantitative estimate of drug-likeness (QED) is 0.271. The van der Waals surface area contributed by atoms with Crippen LogP contribution < -0.4 is 0 Å². The van der Waals surface area contributed by atoms with Gasteiger partial charge in [0.15, 0.2) is 0 Å². The lowest BCUT2D eigenvalue weighted by Crippen LogP contribution is -1.86. The van der Waals surface area contributed by atoms with E-state index in [1.54, 1.807) is 18.3 Å². The number of hydrogen-bond acceptors (Lipinski definition) is 6. The van der Waals surface area contributed by atoms with Crippen LogP contribution in [0.2, 0.25) is 0 Å². The van der Waals surface area contributed by atoms with E-state index in [-0.39, 0.29) is 11.4 Å². The molecule has 0 aliphatic rings. The number of aromatic nitrogens is 4. The molecule has 10 nitrogen and oxygen atoms in total. The minimum absolute atomic E-state index is 0.0652. The van der Waals surface area contributed by atoms with E-state index >= 15 is 0 Å². The number of H-pyrrole nitrogens is 2. The van der Waals surface area contributed by atoms with Crippen LogP contribution in [0.4, 0.5) is 11.4 Å². The van der Waals surface area contributed by atoms with Crippen LogP contribution >= 0.6 is 22.6 Å². The summed E-state index contributed by atoms with van der Waals surface area (Å²) in [6.45, 7) is 0. The van der Waals surface area contributed by atoms with Crippen molar-refractivity contribution in [1.29, 1.82) is 0 Å². The molecule has 4 rings (SSSR count). The number of nitro benzene ring substituents is 2. The minimum Gasteiger partial charge on any atom is -0.278 e. The summed E-state index contributed by atoms with van der Waals surface area (Å²) >= 11 is 2.09. The highest BCUT2D eigenvalue weighted by Crippen LogP contribution is 2.22. The molecule has 25 heavy (non-hydrogen) atoms. The van der Waals surface area contributed by atoms with Crippen molar-refractivity contribution in [2.24, 2.45) is 0 Å². The van der Waals surface area contributed by atoms with Gasteiger partial charge in [0, 0.05) is 35.0 Å². The monoisotopic (exact) mass is 452 g/mol. The normalized spacial score (nSPS) is 10.4. The van der Waals surface area contributed by atoms with Crippen LogP contribution in [0.25, 0.3) is 21.8 Å². The summed E-state index contributed by atoms with van der Waals surface area (Å²) in [7, 11) is 0. The Kier molecular flexibility index (Phi) is 4.56. The Labute approximate surface area is 152 Å². The molecule has 0 saturated heterocycles. The minimum atomic E-state index is -0.430. The van der Waals surface area contributed by atoms with Crippen LogP contribution in [0.3, 0.4) is 0 Å². The Bertz CT molecular complexity index is 1090. The average molecular weight is 452 g/mol. The van der Waals surface area contributed by atoms with E-state index in [9.17, 15) is 20.2 Å². The molecule has 2 aromatic heterocycles. The Hall–Kier alpha value is -3.09. The van der Waals surface area contributed by atoms with E-state index < -0.39 is 9.85 Å². The third-order valence-corrected chi connectivity index (χ3v) is 4.16. The van der Waals surface area contributed by atoms with Gasteiger partial charge in [-0.15, -0.1) is 0 Å². The van der Waals surface area contributed by atoms with Gasteiger partial charge in [-0.25, -0.2) is 0 Å². The van der Waals surface area contributed by atoms with E-state index in [0.717, 1.165) is 14.5 Å². The number of hydrogen-bond donors (Lipinski definition) is 2. The van der Waals surface area contributed by atoms with Crippen molar-refractivity contribution in [3.63, 3.8) is 0 Å². The summed E-state index contributed by atoms with van der Waals surface area (Å²) in [6.07, 6.45) is 1.62. The second kappa shape index (κ2) is 6.80. The van der Waals surface area contributed by atoms with Crippen molar-refractivity contribution in [3.8, 4) is 0 Å². The number of nitrogens with zero attached hydrogens (tertiary/aromatic N) is 4. The first-order valence-electron chi connectivity index (χ1n) is 6.81. The number of nitrogens with one attached hydrogen (secondary N) is 2. The van der Waals surface area contributed by atoms with Crippen LogP contribution in [0.15, 0.2) is 42.6 Å². The Morgan fingerprint density at radius 3 is 2.36 bits per heavy atom. The maximum Gasteiger partial charge on any atom is 0.271 e. The number of nitro groups is 2. The van der Waals surface area contributed by atoms with E-state index in [1.165, 1.54) is 24.3 Å². The molecule has 0 aliphatic carbocycles. The standard InChI is InChI=1S/C7H4IN3O2.C7H5N3O2/c8-7-5-2-1-4(11(12)13)3-6(5)9-10-7;11-10(12)6-2-1-5-4-8-9-7(5)3-6/h1-3H,(H,9,10);1-4H,(H,8,9). The van der Waals surface area contributed by atoms with Crippen molar-refractivity contribution in [2.45, 2.75) is 0 Å². The number of halogens is 1. The molecule has 11 heteroatoms. The van der Waals surface area contributed by atoms with Crippen molar-refractivity contribution in [3.05, 3.63) is 66.5 Å². The van der Waals surface area contributed by atoms with Gasteiger partial charge in [-0.1, -0.05) is 0 Å². The fourth-order valence-electron chi connectivity index (χ4n) is 2.12. The molecule has 0 bridgehead atoms. The average Bonchev–Trinajstić information content (AvgIpc) is 3.21. The van der Waals surface area contributed by atoms with Crippen molar-refractivity contribution < 1.29 is 9.85 Å². The topological polar surface area (TPSA) is 144 Å². The zero-order valence-corrected chi connectivity index (χ0v) is 14.5. The number of benzene rings is 2. The molecule has 0 saturated carbocycles. The highest BCUT2D eigenvalue weighted by Gasteiger charge is 2.09. The third-order valence-electron chi connectivity index (χ3n) is 3.34. The maximum atomic E-state index is 10.4. The van der Waals surface area contributed by atoms with E-state index in [0.29, 0.717) is 11.0 Å². The molecule has 0 atom stereocenters. The first-order valence-corrected chi connectivity index (χ1v) is 7.89. The van der Waals surface area contributed by atoms with Gasteiger partial charge in [-0.05, 0) is 34.7 Å². The summed E-state index contributed by atoms with van der Waals surface area (Å²) in [5, 5.41) is 35.6. The second-order valence-electron chi connectivity index (χ2n) is 4.89. The molecule has 126 valence electrons. The predicted octanol–water partition coefficient (Wildman–Crippen LogP) is 3.55. The first kappa shape index (κ1) is 16.8.